The average molecular weight is 390 g/mol. The lowest BCUT2D eigenvalue weighted by Crippen LogP contribution is -2.23. The summed E-state index contributed by atoms with van der Waals surface area (Å²) in [5, 5.41) is 4.66. The van der Waals surface area contributed by atoms with Crippen LogP contribution in [-0.4, -0.2) is 17.5 Å². The van der Waals surface area contributed by atoms with Gasteiger partial charge in [-0.1, -0.05) is 106 Å². The maximum atomic E-state index is 2.50. The fraction of sp³-hybridized carbons (Fsp3) is 0.280. The zero-order valence-corrected chi connectivity index (χ0v) is 17.8. The largest absolute Gasteiger partial charge is 0.0721 e. The summed E-state index contributed by atoms with van der Waals surface area (Å²) in [6, 6.07) is 33.8. The summed E-state index contributed by atoms with van der Waals surface area (Å²) < 4.78 is 0. The van der Waals surface area contributed by atoms with Gasteiger partial charge in [-0.05, 0) is 60.6 Å². The number of hydrogen-bond donors (Lipinski definition) is 0. The highest BCUT2D eigenvalue weighted by atomic mass is 31.1. The normalized spacial score (nSPS) is 20.7. The first-order chi connectivity index (χ1) is 13.3. The molecule has 0 saturated carbocycles. The topological polar surface area (TPSA) is 0 Å². The lowest BCUT2D eigenvalue weighted by atomic mass is 10.2. The summed E-state index contributed by atoms with van der Waals surface area (Å²) in [4.78, 5) is 0. The van der Waals surface area contributed by atoms with Gasteiger partial charge in [0.05, 0.1) is 0 Å². The van der Waals surface area contributed by atoms with Crippen LogP contribution in [0, 0.1) is 0 Å². The van der Waals surface area contributed by atoms with Crippen LogP contribution in [0.3, 0.4) is 0 Å². The van der Waals surface area contributed by atoms with Crippen molar-refractivity contribution >= 4 is 31.8 Å². The molecule has 0 spiro atoms. The lowest BCUT2D eigenvalue weighted by molar-refractivity contribution is 0.706. The van der Waals surface area contributed by atoms with Crippen LogP contribution in [0.1, 0.15) is 26.2 Å². The molecule has 1 saturated heterocycles. The molecular weight excluding hydrogens is 362 g/mol. The molecule has 1 aliphatic heterocycles. The Labute approximate surface area is 166 Å². The van der Waals surface area contributed by atoms with Gasteiger partial charge in [0.15, 0.2) is 0 Å². The first-order valence-corrected chi connectivity index (χ1v) is 13.0. The van der Waals surface area contributed by atoms with Crippen LogP contribution >= 0.6 is 15.8 Å². The third-order valence-electron chi connectivity index (χ3n) is 5.59. The monoisotopic (exact) mass is 390 g/mol. The van der Waals surface area contributed by atoms with Gasteiger partial charge in [0.25, 0.3) is 0 Å². The van der Waals surface area contributed by atoms with Crippen molar-refractivity contribution in [3.8, 4) is 0 Å². The van der Waals surface area contributed by atoms with Gasteiger partial charge in [-0.3, -0.25) is 0 Å². The second-order valence-corrected chi connectivity index (χ2v) is 12.7. The second-order valence-electron chi connectivity index (χ2n) is 7.45. The van der Waals surface area contributed by atoms with E-state index in [-0.39, 0.29) is 15.8 Å². The highest BCUT2D eigenvalue weighted by molar-refractivity contribution is 7.73. The Kier molecular flexibility index (Phi) is 6.39. The van der Waals surface area contributed by atoms with E-state index in [9.17, 15) is 0 Å². The van der Waals surface area contributed by atoms with Crippen LogP contribution in [0.15, 0.2) is 91.0 Å². The van der Waals surface area contributed by atoms with E-state index in [1.165, 1.54) is 36.0 Å². The zero-order valence-electron chi connectivity index (χ0n) is 16.0. The van der Waals surface area contributed by atoms with E-state index in [1.54, 1.807) is 5.30 Å². The molecule has 1 aliphatic rings. The molecule has 1 fully saturated rings. The molecule has 2 heteroatoms. The van der Waals surface area contributed by atoms with E-state index >= 15 is 0 Å². The SMILES string of the molecule is CC(C[C@H]1CCC[P@]1c1ccccc1)P(c1ccccc1)c1ccccc1. The lowest BCUT2D eigenvalue weighted by Gasteiger charge is -2.30. The molecule has 0 nitrogen and oxygen atoms in total. The third kappa shape index (κ3) is 4.51. The van der Waals surface area contributed by atoms with Crippen LogP contribution in [0.2, 0.25) is 0 Å². The van der Waals surface area contributed by atoms with E-state index < -0.39 is 0 Å². The van der Waals surface area contributed by atoms with Gasteiger partial charge in [-0.15, -0.1) is 0 Å². The molecule has 0 radical (unpaired) electrons. The summed E-state index contributed by atoms with van der Waals surface area (Å²) in [6.07, 6.45) is 5.60. The predicted octanol–water partition coefficient (Wildman–Crippen LogP) is 5.87. The third-order valence-corrected chi connectivity index (χ3v) is 11.5. The summed E-state index contributed by atoms with van der Waals surface area (Å²) in [7, 11) is -0.294. The smallest absolute Gasteiger partial charge is 0.0151 e. The Morgan fingerprint density at radius 2 is 1.33 bits per heavy atom. The van der Waals surface area contributed by atoms with Crippen molar-refractivity contribution < 1.29 is 0 Å². The summed E-state index contributed by atoms with van der Waals surface area (Å²) in [5.74, 6) is 0. The maximum Gasteiger partial charge on any atom is -0.0151 e. The first-order valence-electron chi connectivity index (χ1n) is 10.0. The van der Waals surface area contributed by atoms with Crippen molar-refractivity contribution in [2.75, 3.05) is 6.16 Å². The Morgan fingerprint density at radius 3 is 1.89 bits per heavy atom. The molecule has 0 aliphatic carbocycles. The highest BCUT2D eigenvalue weighted by Crippen LogP contribution is 2.53. The molecule has 0 N–H and O–H groups in total. The summed E-state index contributed by atoms with van der Waals surface area (Å²) >= 11 is 0. The first kappa shape index (κ1) is 18.9. The van der Waals surface area contributed by atoms with Gasteiger partial charge in [0.2, 0.25) is 0 Å². The molecule has 27 heavy (non-hydrogen) atoms. The van der Waals surface area contributed by atoms with Crippen molar-refractivity contribution in [1.82, 2.24) is 0 Å². The van der Waals surface area contributed by atoms with Crippen LogP contribution in [0.4, 0.5) is 0 Å². The minimum absolute atomic E-state index is 0.0116. The van der Waals surface area contributed by atoms with Gasteiger partial charge in [0.1, 0.15) is 0 Å². The molecule has 0 bridgehead atoms. The molecule has 0 amide bonds. The molecule has 138 valence electrons. The Morgan fingerprint density at radius 1 is 0.815 bits per heavy atom. The standard InChI is InChI=1S/C25H28P2/c1-21(20-25-18-11-19-26(25)22-12-5-2-6-13-22)27(23-14-7-3-8-15-23)24-16-9-4-10-17-24/h2-10,12-17,21,25H,11,18-20H2,1H3/t21?,25-,26-/m1/s1. The van der Waals surface area contributed by atoms with Crippen LogP contribution < -0.4 is 15.9 Å². The zero-order chi connectivity index (χ0) is 18.5. The second kappa shape index (κ2) is 9.14. The van der Waals surface area contributed by atoms with Crippen LogP contribution in [-0.2, 0) is 0 Å². The van der Waals surface area contributed by atoms with Gasteiger partial charge in [-0.2, -0.15) is 0 Å². The quantitative estimate of drug-likeness (QED) is 0.462. The van der Waals surface area contributed by atoms with Crippen molar-refractivity contribution in [3.05, 3.63) is 91.0 Å². The molecule has 3 aromatic rings. The van der Waals surface area contributed by atoms with Crippen molar-refractivity contribution in [1.29, 1.82) is 0 Å². The molecule has 0 aromatic heterocycles. The average Bonchev–Trinajstić information content (AvgIpc) is 3.18. The summed E-state index contributed by atoms with van der Waals surface area (Å²) in [6.45, 7) is 2.50. The molecule has 4 rings (SSSR count). The van der Waals surface area contributed by atoms with Crippen molar-refractivity contribution in [2.24, 2.45) is 0 Å². The van der Waals surface area contributed by atoms with Gasteiger partial charge < -0.3 is 0 Å². The number of hydrogen-bond acceptors (Lipinski definition) is 0. The predicted molar refractivity (Wildman–Crippen MR) is 124 cm³/mol. The van der Waals surface area contributed by atoms with E-state index in [2.05, 4.69) is 97.9 Å². The minimum atomic E-state index is -0.306. The fourth-order valence-electron chi connectivity index (χ4n) is 4.37. The maximum absolute atomic E-state index is 2.50. The van der Waals surface area contributed by atoms with Crippen molar-refractivity contribution in [2.45, 2.75) is 37.5 Å². The van der Waals surface area contributed by atoms with Crippen LogP contribution in [0.5, 0.6) is 0 Å². The Hall–Kier alpha value is -1.48. The minimum Gasteiger partial charge on any atom is -0.0721 e. The Balaban J connectivity index is 1.58. The van der Waals surface area contributed by atoms with E-state index in [1.807, 2.05) is 0 Å². The molecule has 3 aromatic carbocycles. The molecule has 1 heterocycles. The van der Waals surface area contributed by atoms with Crippen molar-refractivity contribution in [3.63, 3.8) is 0 Å². The van der Waals surface area contributed by atoms with E-state index in [0.717, 1.165) is 5.66 Å². The van der Waals surface area contributed by atoms with E-state index in [0.29, 0.717) is 5.66 Å². The number of rotatable bonds is 6. The van der Waals surface area contributed by atoms with Gasteiger partial charge in [0, 0.05) is 0 Å². The Bertz CT molecular complexity index is 777. The number of benzene rings is 3. The van der Waals surface area contributed by atoms with Crippen LogP contribution in [0.25, 0.3) is 0 Å². The highest BCUT2D eigenvalue weighted by Gasteiger charge is 2.32. The molecule has 1 unspecified atom stereocenters. The van der Waals surface area contributed by atoms with E-state index in [4.69, 9.17) is 0 Å². The van der Waals surface area contributed by atoms with Gasteiger partial charge in [-0.25, -0.2) is 0 Å². The fourth-order valence-corrected chi connectivity index (χ4v) is 10.5. The molecule has 3 atom stereocenters. The summed E-state index contributed by atoms with van der Waals surface area (Å²) in [5.41, 5.74) is 1.59. The van der Waals surface area contributed by atoms with Gasteiger partial charge >= 0.3 is 0 Å². The molecular formula is C25H28P2.